The van der Waals surface area contributed by atoms with Gasteiger partial charge in [0.05, 0.1) is 5.52 Å². The lowest BCUT2D eigenvalue weighted by Crippen LogP contribution is -2.36. The molecule has 1 heterocycles. The average molecular weight is 334 g/mol. The van der Waals surface area contributed by atoms with Gasteiger partial charge in [-0.25, -0.2) is 0 Å². The Balaban J connectivity index is 1.80. The number of hydrogen-bond acceptors (Lipinski definition) is 3. The van der Waals surface area contributed by atoms with E-state index in [0.717, 1.165) is 22.5 Å². The summed E-state index contributed by atoms with van der Waals surface area (Å²) in [6, 6.07) is 8.94. The predicted molar refractivity (Wildman–Crippen MR) is 88.1 cm³/mol. The zero-order valence-corrected chi connectivity index (χ0v) is 13.5. The molecule has 0 saturated heterocycles. The molecular weight excluding hydrogens is 314 g/mol. The molecule has 1 saturated carbocycles. The van der Waals surface area contributed by atoms with Crippen molar-refractivity contribution in [2.45, 2.75) is 18.9 Å². The van der Waals surface area contributed by atoms with Gasteiger partial charge >= 0.3 is 0 Å². The SMILES string of the molecule is CN(C)C(CNc1ccnc2cc(Br)ccc12)C1CC1. The van der Waals surface area contributed by atoms with E-state index in [-0.39, 0.29) is 0 Å². The van der Waals surface area contributed by atoms with Gasteiger partial charge in [-0.1, -0.05) is 15.9 Å². The summed E-state index contributed by atoms with van der Waals surface area (Å²) in [7, 11) is 4.35. The average Bonchev–Trinajstić information content (AvgIpc) is 3.23. The number of nitrogens with one attached hydrogen (secondary N) is 1. The fourth-order valence-electron chi connectivity index (χ4n) is 2.74. The van der Waals surface area contributed by atoms with E-state index in [1.807, 2.05) is 6.20 Å². The van der Waals surface area contributed by atoms with Gasteiger partial charge in [0.2, 0.25) is 0 Å². The molecule has 0 radical (unpaired) electrons. The second kappa shape index (κ2) is 5.70. The number of nitrogens with zero attached hydrogens (tertiary/aromatic N) is 2. The number of benzene rings is 1. The van der Waals surface area contributed by atoms with Crippen LogP contribution in [-0.4, -0.2) is 36.6 Å². The number of fused-ring (bicyclic) bond motifs is 1. The van der Waals surface area contributed by atoms with Crippen molar-refractivity contribution in [3.8, 4) is 0 Å². The zero-order chi connectivity index (χ0) is 14.1. The van der Waals surface area contributed by atoms with Gasteiger partial charge in [0, 0.05) is 34.3 Å². The minimum Gasteiger partial charge on any atom is -0.383 e. The lowest BCUT2D eigenvalue weighted by atomic mass is 10.1. The van der Waals surface area contributed by atoms with Gasteiger partial charge in [-0.2, -0.15) is 0 Å². The van der Waals surface area contributed by atoms with Crippen LogP contribution in [0.4, 0.5) is 5.69 Å². The molecule has 1 aromatic heterocycles. The number of aromatic nitrogens is 1. The molecule has 1 aliphatic carbocycles. The number of halogens is 1. The molecule has 0 amide bonds. The summed E-state index contributed by atoms with van der Waals surface area (Å²) in [5.74, 6) is 0.861. The highest BCUT2D eigenvalue weighted by Gasteiger charge is 2.32. The first-order chi connectivity index (χ1) is 9.65. The van der Waals surface area contributed by atoms with Crippen molar-refractivity contribution in [1.82, 2.24) is 9.88 Å². The Labute approximate surface area is 128 Å². The van der Waals surface area contributed by atoms with Crippen molar-refractivity contribution in [3.63, 3.8) is 0 Å². The van der Waals surface area contributed by atoms with E-state index in [1.54, 1.807) is 0 Å². The summed E-state index contributed by atoms with van der Waals surface area (Å²) in [6.45, 7) is 0.993. The van der Waals surface area contributed by atoms with E-state index < -0.39 is 0 Å². The topological polar surface area (TPSA) is 28.2 Å². The summed E-state index contributed by atoms with van der Waals surface area (Å²) in [6.07, 6.45) is 4.61. The van der Waals surface area contributed by atoms with E-state index in [9.17, 15) is 0 Å². The number of pyridine rings is 1. The normalized spacial score (nSPS) is 16.6. The van der Waals surface area contributed by atoms with Gasteiger partial charge in [-0.15, -0.1) is 0 Å². The molecule has 2 aromatic rings. The first-order valence-corrected chi connectivity index (χ1v) is 7.89. The van der Waals surface area contributed by atoms with Gasteiger partial charge in [-0.05, 0) is 57.1 Å². The predicted octanol–water partition coefficient (Wildman–Crippen LogP) is 3.75. The Hall–Kier alpha value is -1.13. The second-order valence-corrected chi connectivity index (χ2v) is 6.68. The van der Waals surface area contributed by atoms with E-state index in [2.05, 4.69) is 69.5 Å². The minimum absolute atomic E-state index is 0.619. The highest BCUT2D eigenvalue weighted by molar-refractivity contribution is 9.10. The van der Waals surface area contributed by atoms with Crippen molar-refractivity contribution >= 4 is 32.5 Å². The Bertz CT molecular complexity index is 606. The molecule has 0 spiro atoms. The third-order valence-electron chi connectivity index (χ3n) is 4.04. The van der Waals surface area contributed by atoms with Crippen LogP contribution in [0.2, 0.25) is 0 Å². The first kappa shape index (κ1) is 13.8. The molecule has 4 heteroatoms. The van der Waals surface area contributed by atoms with Crippen molar-refractivity contribution in [3.05, 3.63) is 34.9 Å². The number of hydrogen-bond donors (Lipinski definition) is 1. The van der Waals surface area contributed by atoms with Crippen molar-refractivity contribution in [2.24, 2.45) is 5.92 Å². The molecule has 1 fully saturated rings. The molecule has 1 aliphatic rings. The molecule has 1 aromatic carbocycles. The number of anilines is 1. The summed E-state index contributed by atoms with van der Waals surface area (Å²) >= 11 is 3.50. The van der Waals surface area contributed by atoms with Crippen LogP contribution in [0.5, 0.6) is 0 Å². The Morgan fingerprint density at radius 1 is 1.35 bits per heavy atom. The van der Waals surface area contributed by atoms with E-state index >= 15 is 0 Å². The Kier molecular flexibility index (Phi) is 3.94. The number of likely N-dealkylation sites (N-methyl/N-ethyl adjacent to an activating group) is 1. The van der Waals surface area contributed by atoms with Crippen molar-refractivity contribution < 1.29 is 0 Å². The third-order valence-corrected chi connectivity index (χ3v) is 4.53. The van der Waals surface area contributed by atoms with Gasteiger partial charge in [-0.3, -0.25) is 4.98 Å². The maximum absolute atomic E-state index is 4.43. The third kappa shape index (κ3) is 2.96. The summed E-state index contributed by atoms with van der Waals surface area (Å²) in [5, 5.41) is 4.80. The Morgan fingerprint density at radius 3 is 2.85 bits per heavy atom. The van der Waals surface area contributed by atoms with Gasteiger partial charge in [0.25, 0.3) is 0 Å². The summed E-state index contributed by atoms with van der Waals surface area (Å²) < 4.78 is 1.07. The fourth-order valence-corrected chi connectivity index (χ4v) is 3.09. The minimum atomic E-state index is 0.619. The summed E-state index contributed by atoms with van der Waals surface area (Å²) in [4.78, 5) is 6.77. The molecule has 1 atom stereocenters. The standard InChI is InChI=1S/C16H20BrN3/c1-20(2)16(11-3-4-11)10-19-14-7-8-18-15-9-12(17)5-6-13(14)15/h5-9,11,16H,3-4,10H2,1-2H3,(H,18,19). The smallest absolute Gasteiger partial charge is 0.0733 e. The van der Waals surface area contributed by atoms with E-state index in [1.165, 1.54) is 23.9 Å². The molecule has 0 aliphatic heterocycles. The number of rotatable bonds is 5. The Morgan fingerprint density at radius 2 is 2.15 bits per heavy atom. The highest BCUT2D eigenvalue weighted by atomic mass is 79.9. The lowest BCUT2D eigenvalue weighted by Gasteiger charge is -2.25. The van der Waals surface area contributed by atoms with Gasteiger partial charge in [0.15, 0.2) is 0 Å². The maximum Gasteiger partial charge on any atom is 0.0733 e. The molecule has 3 rings (SSSR count). The monoisotopic (exact) mass is 333 g/mol. The van der Waals surface area contributed by atoms with Crippen LogP contribution in [0.3, 0.4) is 0 Å². The molecule has 1 unspecified atom stereocenters. The highest BCUT2D eigenvalue weighted by Crippen LogP contribution is 2.35. The van der Waals surface area contributed by atoms with Crippen LogP contribution < -0.4 is 5.32 Å². The van der Waals surface area contributed by atoms with Crippen molar-refractivity contribution in [2.75, 3.05) is 26.0 Å². The van der Waals surface area contributed by atoms with Crippen LogP contribution in [0.1, 0.15) is 12.8 Å². The molecule has 20 heavy (non-hydrogen) atoms. The van der Waals surface area contributed by atoms with Crippen LogP contribution >= 0.6 is 15.9 Å². The lowest BCUT2D eigenvalue weighted by molar-refractivity contribution is 0.276. The maximum atomic E-state index is 4.43. The quantitative estimate of drug-likeness (QED) is 0.903. The van der Waals surface area contributed by atoms with Crippen LogP contribution in [0.15, 0.2) is 34.9 Å². The molecule has 0 bridgehead atoms. The van der Waals surface area contributed by atoms with Crippen molar-refractivity contribution in [1.29, 1.82) is 0 Å². The van der Waals surface area contributed by atoms with Crippen LogP contribution in [0.25, 0.3) is 10.9 Å². The summed E-state index contributed by atoms with van der Waals surface area (Å²) in [5.41, 5.74) is 2.20. The fraction of sp³-hybridized carbons (Fsp3) is 0.438. The van der Waals surface area contributed by atoms with E-state index in [4.69, 9.17) is 0 Å². The van der Waals surface area contributed by atoms with Crippen LogP contribution in [-0.2, 0) is 0 Å². The second-order valence-electron chi connectivity index (χ2n) is 5.77. The molecule has 3 nitrogen and oxygen atoms in total. The first-order valence-electron chi connectivity index (χ1n) is 7.10. The zero-order valence-electron chi connectivity index (χ0n) is 11.9. The van der Waals surface area contributed by atoms with Gasteiger partial charge < -0.3 is 10.2 Å². The van der Waals surface area contributed by atoms with Gasteiger partial charge in [0.1, 0.15) is 0 Å². The van der Waals surface area contributed by atoms with Crippen LogP contribution in [0, 0.1) is 5.92 Å². The molecule has 1 N–H and O–H groups in total. The molecular formula is C16H20BrN3. The largest absolute Gasteiger partial charge is 0.383 e. The van der Waals surface area contributed by atoms with E-state index in [0.29, 0.717) is 6.04 Å². The molecule has 106 valence electrons.